The predicted octanol–water partition coefficient (Wildman–Crippen LogP) is 1.13. The Morgan fingerprint density at radius 3 is 2.38 bits per heavy atom. The van der Waals surface area contributed by atoms with Crippen molar-refractivity contribution in [2.45, 2.75) is 0 Å². The molecule has 0 saturated heterocycles. The Kier molecular flexibility index (Phi) is 3.84. The molecule has 0 bridgehead atoms. The second-order valence-electron chi connectivity index (χ2n) is 1.65. The van der Waals surface area contributed by atoms with Gasteiger partial charge in [0.25, 0.3) is 0 Å². The fraction of sp³-hybridized carbons (Fsp3) is 0.600. The van der Waals surface area contributed by atoms with E-state index in [1.807, 2.05) is 13.3 Å². The molecule has 0 radical (unpaired) electrons. The maximum Gasteiger partial charge on any atom is 0.106 e. The smallest absolute Gasteiger partial charge is 0.106 e. The highest BCUT2D eigenvalue weighted by Gasteiger charge is 1.93. The molecule has 0 aliphatic heterocycles. The molecule has 48 valence electrons. The van der Waals surface area contributed by atoms with Crippen LogP contribution in [-0.2, 0) is 4.52 Å². The van der Waals surface area contributed by atoms with Crippen LogP contribution < -0.4 is 5.73 Å². The van der Waals surface area contributed by atoms with Crippen molar-refractivity contribution < 1.29 is 4.52 Å². The Morgan fingerprint density at radius 1 is 1.75 bits per heavy atom. The van der Waals surface area contributed by atoms with Gasteiger partial charge in [0.1, 0.15) is 5.76 Å². The van der Waals surface area contributed by atoms with Crippen LogP contribution >= 0.6 is 8.15 Å². The number of nitrogens with two attached hydrogens (primary N) is 1. The van der Waals surface area contributed by atoms with Crippen LogP contribution in [0.2, 0.25) is 0 Å². The molecule has 0 aromatic carbocycles. The first-order valence-electron chi connectivity index (χ1n) is 2.40. The van der Waals surface area contributed by atoms with Gasteiger partial charge in [-0.1, -0.05) is 6.58 Å². The Balaban J connectivity index is 3.25. The van der Waals surface area contributed by atoms with Gasteiger partial charge < -0.3 is 10.3 Å². The Labute approximate surface area is 51.5 Å². The minimum atomic E-state index is -0.325. The predicted molar refractivity (Wildman–Crippen MR) is 38.0 cm³/mol. The largest absolute Gasteiger partial charge is 0.478 e. The van der Waals surface area contributed by atoms with Crippen molar-refractivity contribution in [2.75, 3.05) is 19.9 Å². The fourth-order valence-corrected chi connectivity index (χ4v) is 0.886. The summed E-state index contributed by atoms with van der Waals surface area (Å²) in [4.78, 5) is 0. The quantitative estimate of drug-likeness (QED) is 0.462. The second kappa shape index (κ2) is 3.88. The van der Waals surface area contributed by atoms with E-state index in [1.54, 1.807) is 0 Å². The highest BCUT2D eigenvalue weighted by Crippen LogP contribution is 2.28. The van der Waals surface area contributed by atoms with E-state index in [2.05, 4.69) is 6.58 Å². The molecule has 2 N–H and O–H groups in total. The third-order valence-corrected chi connectivity index (χ3v) is 1.16. The van der Waals surface area contributed by atoms with Crippen LogP contribution in [0.25, 0.3) is 0 Å². The van der Waals surface area contributed by atoms with Crippen molar-refractivity contribution in [3.8, 4) is 0 Å². The molecule has 0 atom stereocenters. The molecule has 0 rings (SSSR count). The van der Waals surface area contributed by atoms with Crippen LogP contribution in [0.15, 0.2) is 12.3 Å². The molecular formula is C5H12NOP. The molecule has 0 aromatic rings. The van der Waals surface area contributed by atoms with E-state index >= 15 is 0 Å². The normalized spacial score (nSPS) is 9.50. The third-order valence-electron chi connectivity index (χ3n) is 0.539. The first-order chi connectivity index (χ1) is 3.66. The molecule has 0 heterocycles. The lowest BCUT2D eigenvalue weighted by atomic mass is 10.6. The average Bonchev–Trinajstić information content (AvgIpc) is 1.65. The maximum atomic E-state index is 5.21. The Bertz CT molecular complexity index is 82.5. The molecular weight excluding hydrogens is 121 g/mol. The van der Waals surface area contributed by atoms with Gasteiger partial charge in [0, 0.05) is 0 Å². The van der Waals surface area contributed by atoms with E-state index in [4.69, 9.17) is 10.3 Å². The van der Waals surface area contributed by atoms with E-state index in [1.165, 1.54) is 0 Å². The second-order valence-corrected chi connectivity index (χ2v) is 3.45. The summed E-state index contributed by atoms with van der Waals surface area (Å²) in [5.74, 6) is 0.682. The highest BCUT2D eigenvalue weighted by atomic mass is 31.1. The van der Waals surface area contributed by atoms with Crippen LogP contribution in [0.5, 0.6) is 0 Å². The molecule has 3 heteroatoms. The van der Waals surface area contributed by atoms with Gasteiger partial charge in [-0.15, -0.1) is 0 Å². The van der Waals surface area contributed by atoms with Gasteiger partial charge in [0.05, 0.1) is 14.7 Å². The molecule has 8 heavy (non-hydrogen) atoms. The average molecular weight is 133 g/mol. The lowest BCUT2D eigenvalue weighted by molar-refractivity contribution is 0.471. The lowest BCUT2D eigenvalue weighted by Gasteiger charge is -2.08. The molecule has 0 saturated carbocycles. The molecule has 2 nitrogen and oxygen atoms in total. The zero-order chi connectivity index (χ0) is 6.57. The van der Waals surface area contributed by atoms with Crippen molar-refractivity contribution in [3.63, 3.8) is 0 Å². The summed E-state index contributed by atoms with van der Waals surface area (Å²) >= 11 is 0. The van der Waals surface area contributed by atoms with Gasteiger partial charge in [-0.2, -0.15) is 0 Å². The number of rotatable bonds is 3. The van der Waals surface area contributed by atoms with E-state index in [-0.39, 0.29) is 8.15 Å². The molecule has 0 aliphatic rings. The maximum absolute atomic E-state index is 5.21. The van der Waals surface area contributed by atoms with Crippen LogP contribution in [0.3, 0.4) is 0 Å². The number of hydrogen-bond acceptors (Lipinski definition) is 2. The van der Waals surface area contributed by atoms with Gasteiger partial charge in [-0.3, -0.25) is 0 Å². The highest BCUT2D eigenvalue weighted by molar-refractivity contribution is 7.50. The van der Waals surface area contributed by atoms with Crippen LogP contribution in [0, 0.1) is 0 Å². The minimum absolute atomic E-state index is 0.325. The van der Waals surface area contributed by atoms with Crippen LogP contribution in [0.4, 0.5) is 0 Å². The van der Waals surface area contributed by atoms with Gasteiger partial charge >= 0.3 is 0 Å². The fourth-order valence-electron chi connectivity index (χ4n) is 0.295. The van der Waals surface area contributed by atoms with E-state index in [0.717, 1.165) is 0 Å². The Morgan fingerprint density at radius 2 is 2.25 bits per heavy atom. The Hall–Kier alpha value is -0.0700. The standard InChI is InChI=1S/C5H12NOP/c1-5(4-6)7-8(2)3/h1,4,6H2,2-3H3. The molecule has 0 spiro atoms. The van der Waals surface area contributed by atoms with E-state index in [9.17, 15) is 0 Å². The summed E-state index contributed by atoms with van der Waals surface area (Å²) < 4.78 is 5.14. The zero-order valence-electron chi connectivity index (χ0n) is 5.35. The molecule has 0 unspecified atom stereocenters. The van der Waals surface area contributed by atoms with Gasteiger partial charge in [0.15, 0.2) is 0 Å². The van der Waals surface area contributed by atoms with Crippen molar-refractivity contribution in [3.05, 3.63) is 12.3 Å². The van der Waals surface area contributed by atoms with Crippen molar-refractivity contribution >= 4 is 8.15 Å². The first-order valence-corrected chi connectivity index (χ1v) is 4.55. The summed E-state index contributed by atoms with van der Waals surface area (Å²) in [5.41, 5.74) is 5.21. The topological polar surface area (TPSA) is 35.2 Å². The van der Waals surface area contributed by atoms with E-state index < -0.39 is 0 Å². The minimum Gasteiger partial charge on any atom is -0.478 e. The van der Waals surface area contributed by atoms with Crippen molar-refractivity contribution in [1.29, 1.82) is 0 Å². The summed E-state index contributed by atoms with van der Waals surface area (Å²) in [5, 5.41) is 0. The molecule has 0 amide bonds. The zero-order valence-corrected chi connectivity index (χ0v) is 6.24. The lowest BCUT2D eigenvalue weighted by Crippen LogP contribution is -2.02. The summed E-state index contributed by atoms with van der Waals surface area (Å²) in [7, 11) is -0.325. The van der Waals surface area contributed by atoms with Gasteiger partial charge in [-0.25, -0.2) is 0 Å². The number of hydrogen-bond donors (Lipinski definition) is 1. The summed E-state index contributed by atoms with van der Waals surface area (Å²) in [6, 6.07) is 0. The van der Waals surface area contributed by atoms with Crippen molar-refractivity contribution in [2.24, 2.45) is 5.73 Å². The molecule has 0 fully saturated rings. The van der Waals surface area contributed by atoms with E-state index in [0.29, 0.717) is 12.3 Å². The first kappa shape index (κ1) is 7.93. The molecule has 0 aliphatic carbocycles. The molecule has 0 aromatic heterocycles. The third kappa shape index (κ3) is 4.10. The monoisotopic (exact) mass is 133 g/mol. The SMILES string of the molecule is C=C(CN)OP(C)C. The van der Waals surface area contributed by atoms with Gasteiger partial charge in [-0.05, 0) is 13.3 Å². The van der Waals surface area contributed by atoms with Crippen LogP contribution in [-0.4, -0.2) is 19.9 Å². The van der Waals surface area contributed by atoms with Gasteiger partial charge in [0.2, 0.25) is 0 Å². The summed E-state index contributed by atoms with van der Waals surface area (Å²) in [6.45, 7) is 8.03. The summed E-state index contributed by atoms with van der Waals surface area (Å²) in [6.07, 6.45) is 0. The van der Waals surface area contributed by atoms with Crippen molar-refractivity contribution in [1.82, 2.24) is 0 Å². The van der Waals surface area contributed by atoms with Crippen LogP contribution in [0.1, 0.15) is 0 Å².